The first-order valence-electron chi connectivity index (χ1n) is 14.4. The summed E-state index contributed by atoms with van der Waals surface area (Å²) in [6.07, 6.45) is 8.16. The molecular weight excluding hydrogens is 535 g/mol. The van der Waals surface area contributed by atoms with Crippen molar-refractivity contribution >= 4 is 17.6 Å². The molecule has 1 aromatic carbocycles. The van der Waals surface area contributed by atoms with Crippen molar-refractivity contribution in [3.05, 3.63) is 60.7 Å². The average Bonchev–Trinajstić information content (AvgIpc) is 3.70. The van der Waals surface area contributed by atoms with Crippen molar-refractivity contribution in [2.45, 2.75) is 37.8 Å². The van der Waals surface area contributed by atoms with Crippen molar-refractivity contribution in [2.24, 2.45) is 0 Å². The van der Waals surface area contributed by atoms with E-state index in [2.05, 4.69) is 25.3 Å². The summed E-state index contributed by atoms with van der Waals surface area (Å²) in [5, 5.41) is 17.0. The number of halogens is 1. The van der Waals surface area contributed by atoms with Crippen LogP contribution in [-0.4, -0.2) is 87.1 Å². The number of likely N-dealkylation sites (tertiary alicyclic amines) is 2. The van der Waals surface area contributed by atoms with Crippen LogP contribution in [0.25, 0.3) is 28.2 Å². The van der Waals surface area contributed by atoms with Gasteiger partial charge in [0.05, 0.1) is 23.3 Å². The van der Waals surface area contributed by atoms with Gasteiger partial charge in [-0.15, -0.1) is 0 Å². The number of nitrogens with zero attached hydrogens (tertiary/aromatic N) is 7. The number of carbonyl (C=O) groups excluding carboxylic acids is 1. The molecule has 6 rings (SSSR count). The number of hydrogen-bond donors (Lipinski definition) is 1. The SMILES string of the molecule is N#CC(C=O)N1CCC[C@@H](Nc2nc(-c3cnn4ccccc34)nc(-c3ccc(OCCN4CCCC4)cc3)c2F)C1. The third kappa shape index (κ3) is 5.95. The predicted molar refractivity (Wildman–Crippen MR) is 156 cm³/mol. The van der Waals surface area contributed by atoms with Gasteiger partial charge >= 0.3 is 0 Å². The van der Waals surface area contributed by atoms with E-state index < -0.39 is 11.9 Å². The Labute approximate surface area is 243 Å². The molecule has 11 heteroatoms. The number of ether oxygens (including phenoxy) is 1. The Morgan fingerprint density at radius 3 is 2.74 bits per heavy atom. The minimum absolute atomic E-state index is 0.0719. The summed E-state index contributed by atoms with van der Waals surface area (Å²) in [6, 6.07) is 14.0. The number of nitrogens with one attached hydrogen (secondary N) is 1. The number of piperidine rings is 1. The highest BCUT2D eigenvalue weighted by Gasteiger charge is 2.28. The second kappa shape index (κ2) is 12.6. The minimum atomic E-state index is -0.828. The van der Waals surface area contributed by atoms with Crippen LogP contribution < -0.4 is 10.1 Å². The number of carbonyl (C=O) groups is 1. The second-order valence-electron chi connectivity index (χ2n) is 10.8. The van der Waals surface area contributed by atoms with Gasteiger partial charge < -0.3 is 14.8 Å². The van der Waals surface area contributed by atoms with Gasteiger partial charge in [-0.3, -0.25) is 9.80 Å². The Bertz CT molecular complexity index is 1580. The topological polar surface area (TPSA) is 112 Å². The molecule has 5 heterocycles. The van der Waals surface area contributed by atoms with Gasteiger partial charge in [0.25, 0.3) is 0 Å². The number of pyridine rings is 1. The predicted octanol–water partition coefficient (Wildman–Crippen LogP) is 4.04. The highest BCUT2D eigenvalue weighted by atomic mass is 19.1. The van der Waals surface area contributed by atoms with E-state index in [-0.39, 0.29) is 17.6 Å². The molecule has 2 aliphatic rings. The first-order valence-corrected chi connectivity index (χ1v) is 14.4. The van der Waals surface area contributed by atoms with Crippen LogP contribution in [0.2, 0.25) is 0 Å². The van der Waals surface area contributed by atoms with Crippen LogP contribution in [0.4, 0.5) is 10.2 Å². The van der Waals surface area contributed by atoms with Gasteiger partial charge in [0.1, 0.15) is 18.1 Å². The Morgan fingerprint density at radius 2 is 1.95 bits per heavy atom. The zero-order valence-electron chi connectivity index (χ0n) is 23.3. The highest BCUT2D eigenvalue weighted by molar-refractivity contribution is 5.78. The van der Waals surface area contributed by atoms with Crippen LogP contribution in [-0.2, 0) is 4.79 Å². The molecule has 0 bridgehead atoms. The average molecular weight is 569 g/mol. The number of benzene rings is 1. The van der Waals surface area contributed by atoms with E-state index in [0.29, 0.717) is 42.9 Å². The largest absolute Gasteiger partial charge is 0.492 e. The van der Waals surface area contributed by atoms with Gasteiger partial charge in [0.15, 0.2) is 29.8 Å². The molecule has 42 heavy (non-hydrogen) atoms. The number of rotatable bonds is 10. The Balaban J connectivity index is 1.30. The fraction of sp³-hybridized carbons (Fsp3) is 0.387. The van der Waals surface area contributed by atoms with Gasteiger partial charge in [-0.1, -0.05) is 6.07 Å². The van der Waals surface area contributed by atoms with E-state index in [4.69, 9.17) is 4.74 Å². The van der Waals surface area contributed by atoms with Crippen LogP contribution in [0, 0.1) is 17.1 Å². The van der Waals surface area contributed by atoms with Crippen LogP contribution in [0.1, 0.15) is 25.7 Å². The summed E-state index contributed by atoms with van der Waals surface area (Å²) in [4.78, 5) is 24.9. The molecule has 0 radical (unpaired) electrons. The van der Waals surface area contributed by atoms with Crippen molar-refractivity contribution < 1.29 is 13.9 Å². The molecule has 2 fully saturated rings. The molecule has 2 atom stereocenters. The summed E-state index contributed by atoms with van der Waals surface area (Å²) in [7, 11) is 0. The minimum Gasteiger partial charge on any atom is -0.492 e. The lowest BCUT2D eigenvalue weighted by Crippen LogP contribution is -2.47. The monoisotopic (exact) mass is 568 g/mol. The molecule has 0 amide bonds. The molecule has 0 spiro atoms. The molecule has 3 aromatic heterocycles. The maximum atomic E-state index is 16.1. The number of hydrogen-bond acceptors (Lipinski definition) is 9. The van der Waals surface area contributed by atoms with Crippen LogP contribution in [0.3, 0.4) is 0 Å². The number of fused-ring (bicyclic) bond motifs is 1. The van der Waals surface area contributed by atoms with Crippen LogP contribution in [0.15, 0.2) is 54.9 Å². The smallest absolute Gasteiger partial charge is 0.191 e. The normalized spacial score (nSPS) is 18.5. The van der Waals surface area contributed by atoms with Gasteiger partial charge in [-0.25, -0.2) is 18.9 Å². The fourth-order valence-corrected chi connectivity index (χ4v) is 5.74. The first kappa shape index (κ1) is 27.8. The van der Waals surface area contributed by atoms with Crippen molar-refractivity contribution in [1.82, 2.24) is 29.4 Å². The summed E-state index contributed by atoms with van der Waals surface area (Å²) in [5.41, 5.74) is 2.24. The van der Waals surface area contributed by atoms with E-state index in [1.54, 1.807) is 10.7 Å². The van der Waals surface area contributed by atoms with Crippen molar-refractivity contribution in [1.29, 1.82) is 5.26 Å². The standard InChI is InChI=1S/C31H33FN8O2/c32-28-29(22-8-10-25(11-9-22)42-17-16-38-12-3-4-13-38)36-30(26-19-34-40-15-2-1-7-27(26)40)37-31(28)35-23-6-5-14-39(20-23)24(18-33)21-41/h1-2,7-11,15,19,21,23-24H,3-6,12-14,16-17,20H2,(H,35,36,37)/t23-,24?/m1/s1. The summed E-state index contributed by atoms with van der Waals surface area (Å²) >= 11 is 0. The van der Waals surface area contributed by atoms with Crippen molar-refractivity contribution in [2.75, 3.05) is 44.6 Å². The zero-order chi connectivity index (χ0) is 28.9. The number of aromatic nitrogens is 4. The molecule has 4 aromatic rings. The lowest BCUT2D eigenvalue weighted by Gasteiger charge is -2.34. The summed E-state index contributed by atoms with van der Waals surface area (Å²) in [5.74, 6) is 0.569. The maximum absolute atomic E-state index is 16.1. The van der Waals surface area contributed by atoms with E-state index in [9.17, 15) is 10.1 Å². The van der Waals surface area contributed by atoms with Gasteiger partial charge in [0, 0.05) is 30.9 Å². The van der Waals surface area contributed by atoms with Gasteiger partial charge in [0.2, 0.25) is 0 Å². The Morgan fingerprint density at radius 1 is 1.12 bits per heavy atom. The summed E-state index contributed by atoms with van der Waals surface area (Å²) < 4.78 is 23.8. The molecule has 0 aliphatic carbocycles. The van der Waals surface area contributed by atoms with E-state index >= 15 is 4.39 Å². The number of anilines is 1. The highest BCUT2D eigenvalue weighted by Crippen LogP contribution is 2.32. The number of nitriles is 1. The first-order chi connectivity index (χ1) is 20.6. The third-order valence-electron chi connectivity index (χ3n) is 7.97. The third-order valence-corrected chi connectivity index (χ3v) is 7.97. The van der Waals surface area contributed by atoms with Crippen molar-refractivity contribution in [3.63, 3.8) is 0 Å². The molecular formula is C31H33FN8O2. The zero-order valence-corrected chi connectivity index (χ0v) is 23.3. The Hall–Kier alpha value is -4.40. The quantitative estimate of drug-likeness (QED) is 0.283. The van der Waals surface area contributed by atoms with E-state index in [0.717, 1.165) is 43.7 Å². The lowest BCUT2D eigenvalue weighted by molar-refractivity contribution is -0.111. The van der Waals surface area contributed by atoms with Gasteiger partial charge in [-0.05, 0) is 81.7 Å². The second-order valence-corrected chi connectivity index (χ2v) is 10.8. The lowest BCUT2D eigenvalue weighted by atomic mass is 10.0. The van der Waals surface area contributed by atoms with Gasteiger partial charge in [-0.2, -0.15) is 10.4 Å². The van der Waals surface area contributed by atoms with E-state index in [1.807, 2.05) is 59.6 Å². The fourth-order valence-electron chi connectivity index (χ4n) is 5.74. The molecule has 1 unspecified atom stereocenters. The molecule has 2 saturated heterocycles. The molecule has 0 saturated carbocycles. The Kier molecular flexibility index (Phi) is 8.35. The van der Waals surface area contributed by atoms with E-state index in [1.165, 1.54) is 12.8 Å². The molecule has 216 valence electrons. The number of aldehydes is 1. The van der Waals surface area contributed by atoms with Crippen LogP contribution in [0.5, 0.6) is 5.75 Å². The molecule has 10 nitrogen and oxygen atoms in total. The summed E-state index contributed by atoms with van der Waals surface area (Å²) in [6.45, 7) is 4.79. The molecule has 1 N–H and O–H groups in total. The molecule has 2 aliphatic heterocycles. The van der Waals surface area contributed by atoms with Crippen molar-refractivity contribution in [3.8, 4) is 34.5 Å². The van der Waals surface area contributed by atoms with Crippen LogP contribution >= 0.6 is 0 Å². The maximum Gasteiger partial charge on any atom is 0.191 e.